The third-order valence-electron chi connectivity index (χ3n) is 15.3. The molecule has 6 N–H and O–H groups in total. The Morgan fingerprint density at radius 3 is 2.49 bits per heavy atom. The van der Waals surface area contributed by atoms with E-state index in [9.17, 15) is 23.9 Å². The van der Waals surface area contributed by atoms with E-state index in [1.165, 1.54) is 17.0 Å². The smallest absolute Gasteiger partial charge is 0.319 e. The van der Waals surface area contributed by atoms with Gasteiger partial charge in [0.2, 0.25) is 17.7 Å². The van der Waals surface area contributed by atoms with Gasteiger partial charge in [-0.05, 0) is 87.2 Å². The molecule has 0 saturated carbocycles. The molecule has 0 radical (unpaired) electrons. The summed E-state index contributed by atoms with van der Waals surface area (Å²) in [6.07, 6.45) is 3.82. The number of amides is 3. The van der Waals surface area contributed by atoms with Gasteiger partial charge in [0.15, 0.2) is 10.9 Å². The fraction of sp³-hybridized carbons (Fsp3) is 0.509. The van der Waals surface area contributed by atoms with Crippen LogP contribution in [0.2, 0.25) is 5.02 Å². The molecule has 77 heavy (non-hydrogen) atoms. The number of rotatable bonds is 18. The average Bonchev–Trinajstić information content (AvgIpc) is 4.29. The Morgan fingerprint density at radius 2 is 1.77 bits per heavy atom. The van der Waals surface area contributed by atoms with Gasteiger partial charge in [-0.3, -0.25) is 19.3 Å². The van der Waals surface area contributed by atoms with Crippen molar-refractivity contribution in [1.82, 2.24) is 45.7 Å². The van der Waals surface area contributed by atoms with Crippen molar-refractivity contribution in [2.24, 2.45) is 5.41 Å². The Balaban J connectivity index is 0.725. The van der Waals surface area contributed by atoms with Gasteiger partial charge in [0.25, 0.3) is 0 Å². The summed E-state index contributed by atoms with van der Waals surface area (Å²) in [6, 6.07) is 10.7. The summed E-state index contributed by atoms with van der Waals surface area (Å²) >= 11 is 9.46. The first-order chi connectivity index (χ1) is 36.9. The van der Waals surface area contributed by atoms with Crippen molar-refractivity contribution in [3.8, 4) is 27.6 Å². The van der Waals surface area contributed by atoms with Crippen LogP contribution in [0, 0.1) is 24.0 Å². The van der Waals surface area contributed by atoms with Crippen molar-refractivity contribution >= 4 is 84.1 Å². The highest BCUT2D eigenvalue weighted by Gasteiger charge is 2.45. The number of aromatic nitrogens is 4. The largest absolute Gasteiger partial charge is 0.462 e. The van der Waals surface area contributed by atoms with Crippen molar-refractivity contribution < 1.29 is 37.7 Å². The molecule has 410 valence electrons. The summed E-state index contributed by atoms with van der Waals surface area (Å²) in [7, 11) is 0. The molecule has 22 heteroatoms. The molecule has 7 atom stereocenters. The minimum absolute atomic E-state index is 0.0238. The van der Waals surface area contributed by atoms with E-state index in [4.69, 9.17) is 31.8 Å². The number of aliphatic hydroxyl groups excluding tert-OH is 1. The Hall–Kier alpha value is -5.68. The second-order valence-electron chi connectivity index (χ2n) is 21.9. The predicted octanol–water partition coefficient (Wildman–Crippen LogP) is 7.80. The number of hydrogen-bond acceptors (Lipinski definition) is 16. The number of thiazole rings is 2. The molecule has 3 amide bonds. The summed E-state index contributed by atoms with van der Waals surface area (Å²) in [5, 5.41) is 21.0. The number of likely N-dealkylation sites (tertiary alicyclic amines) is 2. The van der Waals surface area contributed by atoms with E-state index in [1.807, 2.05) is 64.4 Å². The lowest BCUT2D eigenvalue weighted by molar-refractivity contribution is -0.144. The van der Waals surface area contributed by atoms with Gasteiger partial charge < -0.3 is 46.1 Å². The first-order valence-corrected chi connectivity index (χ1v) is 28.6. The van der Waals surface area contributed by atoms with Gasteiger partial charge in [-0.15, -0.1) is 11.3 Å². The van der Waals surface area contributed by atoms with Crippen LogP contribution in [0.15, 0.2) is 48.0 Å². The summed E-state index contributed by atoms with van der Waals surface area (Å²) in [6.45, 7) is 13.1. The van der Waals surface area contributed by atoms with Crippen LogP contribution in [0.3, 0.4) is 0 Å². The fourth-order valence-corrected chi connectivity index (χ4v) is 13.2. The zero-order valence-corrected chi connectivity index (χ0v) is 46.3. The SMILES string of the molecule is Cc1ncsc1-c1ccc([C@H](C)NC(=O)[C@@H]2C[C@@H](O)CN2C(=O)[C@@H](NC(=O)CCOCCCN2CCC[C@H]2COc2nc(N3CC4CCC(C3)N4)c3cc(Cl)c(-c4ccc(F)c5sc(N)nc45)c(F)c3n2)C(C)(C)C)cc1. The van der Waals surface area contributed by atoms with Crippen molar-refractivity contribution in [3.63, 3.8) is 0 Å². The molecule has 3 aromatic carbocycles. The van der Waals surface area contributed by atoms with E-state index in [0.29, 0.717) is 49.4 Å². The Morgan fingerprint density at radius 1 is 1.00 bits per heavy atom. The number of benzene rings is 3. The van der Waals surface area contributed by atoms with Gasteiger partial charge >= 0.3 is 6.01 Å². The molecule has 17 nitrogen and oxygen atoms in total. The van der Waals surface area contributed by atoms with Crippen LogP contribution >= 0.6 is 34.3 Å². The van der Waals surface area contributed by atoms with Gasteiger partial charge in [-0.1, -0.05) is 68.0 Å². The first-order valence-electron chi connectivity index (χ1n) is 26.5. The fourth-order valence-electron chi connectivity index (χ4n) is 11.3. The maximum Gasteiger partial charge on any atom is 0.319 e. The van der Waals surface area contributed by atoms with Crippen LogP contribution in [0.25, 0.3) is 42.7 Å². The van der Waals surface area contributed by atoms with Gasteiger partial charge in [-0.2, -0.15) is 9.97 Å². The third kappa shape index (κ3) is 11.9. The summed E-state index contributed by atoms with van der Waals surface area (Å²) in [5.41, 5.74) is 10.6. The highest BCUT2D eigenvalue weighted by Crippen LogP contribution is 2.43. The first kappa shape index (κ1) is 54.7. The van der Waals surface area contributed by atoms with Crippen LogP contribution in [0.4, 0.5) is 19.7 Å². The van der Waals surface area contributed by atoms with Crippen molar-refractivity contribution in [1.29, 1.82) is 0 Å². The number of aliphatic hydroxyl groups is 1. The maximum absolute atomic E-state index is 17.1. The highest BCUT2D eigenvalue weighted by atomic mass is 35.5. The number of halogens is 3. The molecule has 0 aliphatic carbocycles. The molecule has 4 fully saturated rings. The number of carbonyl (C=O) groups excluding carboxylic acids is 3. The van der Waals surface area contributed by atoms with Gasteiger partial charge in [-0.25, -0.2) is 18.7 Å². The number of carbonyl (C=O) groups is 3. The lowest BCUT2D eigenvalue weighted by atomic mass is 9.85. The molecular weight excluding hydrogens is 1050 g/mol. The number of piperazine rings is 1. The van der Waals surface area contributed by atoms with Crippen LogP contribution in [0.5, 0.6) is 6.01 Å². The zero-order chi connectivity index (χ0) is 54.3. The Bertz CT molecular complexity index is 3150. The van der Waals surface area contributed by atoms with Crippen molar-refractivity contribution in [2.75, 3.05) is 63.2 Å². The number of anilines is 2. The second-order valence-corrected chi connectivity index (χ2v) is 24.2. The lowest BCUT2D eigenvalue weighted by Crippen LogP contribution is -2.58. The number of aryl methyl sites for hydroxylation is 1. The van der Waals surface area contributed by atoms with Crippen LogP contribution < -0.4 is 31.3 Å². The predicted molar refractivity (Wildman–Crippen MR) is 296 cm³/mol. The molecule has 2 unspecified atom stereocenters. The summed E-state index contributed by atoms with van der Waals surface area (Å²) < 4.78 is 44.5. The standard InChI is InChI=1S/C55H66ClF2N11O6S2/c1-29(31-9-11-32(12-10-31)47-30(2)60-28-76-47)61-51(72)41-22-36(70)26-69(41)52(73)49(55(3,4)5)63-42(71)17-21-74-20-7-19-67-18-6-8-35(67)27-75-54-65-45-38(50(66-54)68-24-33-13-14-34(25-68)62-33)23-39(56)43(44(45)58)37-15-16-40(57)48-46(37)64-53(59)77-48/h9-12,15-16,23,28-29,33-36,41,49,62,70H,6-8,13-14,17-22,24-27H2,1-5H3,(H2,59,64)(H,61,72)(H,63,71)/t29-,33?,34?,35-,36+,41-,49+/m0/s1. The highest BCUT2D eigenvalue weighted by molar-refractivity contribution is 7.22. The number of nitrogens with zero attached hydrogens (tertiary/aromatic N) is 7. The van der Waals surface area contributed by atoms with E-state index in [2.05, 4.69) is 40.7 Å². The molecule has 4 saturated heterocycles. The van der Waals surface area contributed by atoms with Gasteiger partial charge in [0, 0.05) is 80.3 Å². The van der Waals surface area contributed by atoms with Crippen molar-refractivity contribution in [3.05, 3.63) is 75.9 Å². The lowest BCUT2D eigenvalue weighted by Gasteiger charge is -2.35. The molecule has 3 aromatic heterocycles. The number of β-amino-alcohol motifs (C(OH)–C–C–N with tert-alkyl or cyclic N) is 1. The monoisotopic (exact) mass is 1110 g/mol. The summed E-state index contributed by atoms with van der Waals surface area (Å²) in [4.78, 5) is 66.6. The topological polar surface area (TPSA) is 213 Å². The Kier molecular flexibility index (Phi) is 16.3. The van der Waals surface area contributed by atoms with Crippen LogP contribution in [-0.2, 0) is 19.1 Å². The van der Waals surface area contributed by atoms with E-state index in [1.54, 1.807) is 17.4 Å². The Labute approximate surface area is 459 Å². The molecule has 2 bridgehead atoms. The molecule has 4 aliphatic rings. The minimum Gasteiger partial charge on any atom is -0.462 e. The minimum atomic E-state index is -0.958. The zero-order valence-electron chi connectivity index (χ0n) is 43.9. The number of nitrogens with one attached hydrogen (secondary N) is 3. The molecule has 7 heterocycles. The third-order valence-corrected chi connectivity index (χ3v) is 17.5. The number of ether oxygens (including phenoxy) is 2. The van der Waals surface area contributed by atoms with E-state index < -0.39 is 41.1 Å². The number of nitrogens with two attached hydrogens (primary N) is 1. The number of fused-ring (bicyclic) bond motifs is 4. The van der Waals surface area contributed by atoms with E-state index >= 15 is 4.39 Å². The normalized spacial score (nSPS) is 21.5. The number of nitrogen functional groups attached to an aromatic ring is 1. The summed E-state index contributed by atoms with van der Waals surface area (Å²) in [5.74, 6) is -1.82. The molecule has 4 aliphatic heterocycles. The van der Waals surface area contributed by atoms with Crippen LogP contribution in [0.1, 0.15) is 89.9 Å². The van der Waals surface area contributed by atoms with Gasteiger partial charge in [0.1, 0.15) is 35.8 Å². The quantitative estimate of drug-likeness (QED) is 0.0520. The average molecular weight is 1110 g/mol. The van der Waals surface area contributed by atoms with Crippen molar-refractivity contribution in [2.45, 2.75) is 122 Å². The van der Waals surface area contributed by atoms with Crippen LogP contribution in [-0.4, -0.2) is 141 Å². The second kappa shape index (κ2) is 23.0. The maximum atomic E-state index is 17.1. The molecule has 10 rings (SSSR count). The molecule has 0 spiro atoms. The molecular formula is C55H66ClF2N11O6S2. The molecule has 6 aromatic rings. The van der Waals surface area contributed by atoms with E-state index in [0.717, 1.165) is 65.3 Å². The van der Waals surface area contributed by atoms with E-state index in [-0.39, 0.29) is 106 Å². The van der Waals surface area contributed by atoms with Gasteiger partial charge in [0.05, 0.1) is 50.1 Å². The number of hydrogen-bond donors (Lipinski definition) is 5.